The van der Waals surface area contributed by atoms with Crippen molar-refractivity contribution in [1.82, 2.24) is 30.5 Å². The predicted molar refractivity (Wildman–Crippen MR) is 160 cm³/mol. The number of hydrazine groups is 1. The number of aryl methyl sites for hydroxylation is 2. The molecule has 3 rings (SSSR count). The van der Waals surface area contributed by atoms with Gasteiger partial charge >= 0.3 is 0 Å². The number of rotatable bonds is 11. The molecule has 3 aromatic rings. The first-order valence-electron chi connectivity index (χ1n) is 12.8. The molecular weight excluding hydrogens is 511 g/mol. The third-order valence-electron chi connectivity index (χ3n) is 6.28. The summed E-state index contributed by atoms with van der Waals surface area (Å²) in [6, 6.07) is 6.69. The van der Waals surface area contributed by atoms with Gasteiger partial charge in [0.25, 0.3) is 0 Å². The fourth-order valence-corrected chi connectivity index (χ4v) is 4.57. The summed E-state index contributed by atoms with van der Waals surface area (Å²) in [7, 11) is 1.88. The third-order valence-corrected chi connectivity index (χ3v) is 6.50. The highest BCUT2D eigenvalue weighted by Crippen LogP contribution is 2.33. The van der Waals surface area contributed by atoms with E-state index in [1.165, 1.54) is 10.7 Å². The molecule has 0 fully saturated rings. The maximum Gasteiger partial charge on any atom is 0.150 e. The van der Waals surface area contributed by atoms with Crippen LogP contribution in [0.5, 0.6) is 0 Å². The van der Waals surface area contributed by atoms with Crippen LogP contribution in [-0.4, -0.2) is 26.8 Å². The topological polar surface area (TPSA) is 58.0 Å². The van der Waals surface area contributed by atoms with Crippen LogP contribution in [0.3, 0.4) is 0 Å². The van der Waals surface area contributed by atoms with Gasteiger partial charge < -0.3 is 5.32 Å². The van der Waals surface area contributed by atoms with Crippen LogP contribution in [0.4, 0.5) is 4.39 Å². The maximum absolute atomic E-state index is 15.1. The third kappa shape index (κ3) is 7.18. The molecule has 1 atom stereocenters. The van der Waals surface area contributed by atoms with Crippen LogP contribution in [0.2, 0.25) is 5.02 Å². The van der Waals surface area contributed by atoms with E-state index in [-0.39, 0.29) is 12.0 Å². The molecule has 0 saturated carbocycles. The Morgan fingerprint density at radius 1 is 1.15 bits per heavy atom. The quantitative estimate of drug-likeness (QED) is 0.191. The average Bonchev–Trinajstić information content (AvgIpc) is 3.26. The second-order valence-corrected chi connectivity index (χ2v) is 10.6. The van der Waals surface area contributed by atoms with E-state index >= 15 is 4.39 Å². The van der Waals surface area contributed by atoms with Gasteiger partial charge in [-0.05, 0) is 69.0 Å². The number of halogens is 2. The van der Waals surface area contributed by atoms with E-state index in [4.69, 9.17) is 16.6 Å². The lowest BCUT2D eigenvalue weighted by molar-refractivity contribution is 0.304. The Hall–Kier alpha value is -3.84. The van der Waals surface area contributed by atoms with Crippen molar-refractivity contribution in [2.75, 3.05) is 7.05 Å². The van der Waals surface area contributed by atoms with Gasteiger partial charge in [0.15, 0.2) is 5.82 Å². The number of benzene rings is 1. The molecule has 0 spiro atoms. The molecular formula is C31H38ClFN6. The van der Waals surface area contributed by atoms with Gasteiger partial charge in [-0.15, -0.1) is 0 Å². The Morgan fingerprint density at radius 2 is 1.85 bits per heavy atom. The molecule has 206 valence electrons. The number of nitrogens with zero attached hydrogens (tertiary/aromatic N) is 4. The van der Waals surface area contributed by atoms with E-state index in [0.717, 1.165) is 39.4 Å². The molecule has 2 heterocycles. The standard InChI is InChI=1S/C31H38ClFN6/c1-18(2)13-27(19(3)4)22(7)37-38(10)24(9)35-23(8)30-20(5)14-25(17-34-30)28-15-26(32)16-29(33)31(28)39-12-11-21(6)36-39/h11-17,19,23,35,37H,1,7,9H2,2-6,8,10H3/b27-13+. The minimum Gasteiger partial charge on any atom is -0.363 e. The first-order chi connectivity index (χ1) is 18.3. The Balaban J connectivity index is 1.81. The minimum absolute atomic E-state index is 0.149. The van der Waals surface area contributed by atoms with Crippen LogP contribution in [-0.2, 0) is 0 Å². The Labute approximate surface area is 236 Å². The molecule has 0 radical (unpaired) electrons. The Morgan fingerprint density at radius 3 is 2.41 bits per heavy atom. The van der Waals surface area contributed by atoms with E-state index < -0.39 is 5.82 Å². The van der Waals surface area contributed by atoms with Crippen LogP contribution in [0.15, 0.2) is 85.1 Å². The summed E-state index contributed by atoms with van der Waals surface area (Å²) in [5.74, 6) is 0.483. The smallest absolute Gasteiger partial charge is 0.150 e. The molecule has 0 amide bonds. The van der Waals surface area contributed by atoms with Crippen LogP contribution < -0.4 is 10.7 Å². The van der Waals surface area contributed by atoms with Crippen LogP contribution in [0.1, 0.15) is 50.7 Å². The van der Waals surface area contributed by atoms with Crippen molar-refractivity contribution in [1.29, 1.82) is 0 Å². The molecule has 0 aliphatic carbocycles. The van der Waals surface area contributed by atoms with Crippen LogP contribution in [0, 0.1) is 25.6 Å². The molecule has 6 nitrogen and oxygen atoms in total. The number of aromatic nitrogens is 3. The lowest BCUT2D eigenvalue weighted by atomic mass is 9.99. The normalized spacial score (nSPS) is 12.3. The van der Waals surface area contributed by atoms with E-state index in [2.05, 4.69) is 49.4 Å². The van der Waals surface area contributed by atoms with Gasteiger partial charge in [-0.3, -0.25) is 15.4 Å². The summed E-state index contributed by atoms with van der Waals surface area (Å²) in [6.07, 6.45) is 5.50. The zero-order chi connectivity index (χ0) is 29.0. The Bertz CT molecular complexity index is 1430. The second-order valence-electron chi connectivity index (χ2n) is 10.2. The van der Waals surface area contributed by atoms with Crippen LogP contribution in [0.25, 0.3) is 16.8 Å². The van der Waals surface area contributed by atoms with Gasteiger partial charge in [-0.1, -0.05) is 56.8 Å². The molecule has 8 heteroatoms. The highest BCUT2D eigenvalue weighted by molar-refractivity contribution is 6.31. The molecule has 2 N–H and O–H groups in total. The number of allylic oxidation sites excluding steroid dienone is 3. The second kappa shape index (κ2) is 12.3. The van der Waals surface area contributed by atoms with E-state index in [9.17, 15) is 0 Å². The summed E-state index contributed by atoms with van der Waals surface area (Å²) in [5, 5.41) is 9.90. The van der Waals surface area contributed by atoms with Gasteiger partial charge in [0.1, 0.15) is 11.5 Å². The van der Waals surface area contributed by atoms with Crippen molar-refractivity contribution in [2.24, 2.45) is 5.92 Å². The van der Waals surface area contributed by atoms with E-state index in [1.807, 2.05) is 53.0 Å². The predicted octanol–water partition coefficient (Wildman–Crippen LogP) is 7.57. The van der Waals surface area contributed by atoms with Crippen molar-refractivity contribution < 1.29 is 4.39 Å². The largest absolute Gasteiger partial charge is 0.363 e. The average molecular weight is 549 g/mol. The molecule has 0 bridgehead atoms. The molecule has 0 aliphatic rings. The minimum atomic E-state index is -0.454. The van der Waals surface area contributed by atoms with E-state index in [1.54, 1.807) is 23.5 Å². The fourth-order valence-electron chi connectivity index (χ4n) is 4.36. The first kappa shape index (κ1) is 29.7. The van der Waals surface area contributed by atoms with Gasteiger partial charge in [0.2, 0.25) is 0 Å². The van der Waals surface area contributed by atoms with Crippen LogP contribution >= 0.6 is 11.6 Å². The van der Waals surface area contributed by atoms with Crippen molar-refractivity contribution in [3.05, 3.63) is 113 Å². The fraction of sp³-hybridized carbons (Fsp3) is 0.290. The van der Waals surface area contributed by atoms with Crippen molar-refractivity contribution >= 4 is 11.6 Å². The highest BCUT2D eigenvalue weighted by atomic mass is 35.5. The molecule has 1 unspecified atom stereocenters. The van der Waals surface area contributed by atoms with Crippen molar-refractivity contribution in [3.63, 3.8) is 0 Å². The summed E-state index contributed by atoms with van der Waals surface area (Å²) >= 11 is 6.24. The summed E-state index contributed by atoms with van der Waals surface area (Å²) in [5.41, 5.74) is 10.4. The first-order valence-corrected chi connectivity index (χ1v) is 13.2. The molecule has 0 saturated heterocycles. The number of hydrogen-bond donors (Lipinski definition) is 2. The number of hydrogen-bond acceptors (Lipinski definition) is 5. The lowest BCUT2D eigenvalue weighted by Gasteiger charge is -2.29. The SMILES string of the molecule is C=C(C)/C=C(/C(=C)NN(C)C(=C)NC(C)c1ncc(-c2cc(Cl)cc(F)c2-n2ccc(C)n2)cc1C)C(C)C. The molecule has 0 aliphatic heterocycles. The van der Waals surface area contributed by atoms with Crippen molar-refractivity contribution in [2.45, 2.75) is 47.6 Å². The van der Waals surface area contributed by atoms with Crippen molar-refractivity contribution in [3.8, 4) is 16.8 Å². The molecule has 39 heavy (non-hydrogen) atoms. The monoisotopic (exact) mass is 548 g/mol. The molecule has 2 aromatic heterocycles. The zero-order valence-electron chi connectivity index (χ0n) is 23.9. The summed E-state index contributed by atoms with van der Waals surface area (Å²) in [4.78, 5) is 4.74. The summed E-state index contributed by atoms with van der Waals surface area (Å²) < 4.78 is 16.6. The van der Waals surface area contributed by atoms with Gasteiger partial charge in [0, 0.05) is 35.6 Å². The lowest BCUT2D eigenvalue weighted by Crippen LogP contribution is -2.39. The highest BCUT2D eigenvalue weighted by Gasteiger charge is 2.19. The van der Waals surface area contributed by atoms with Gasteiger partial charge in [-0.2, -0.15) is 5.10 Å². The number of nitrogens with one attached hydrogen (secondary N) is 2. The van der Waals surface area contributed by atoms with Gasteiger partial charge in [0.05, 0.1) is 23.1 Å². The molecule has 1 aromatic carbocycles. The summed E-state index contributed by atoms with van der Waals surface area (Å²) in [6.45, 7) is 24.4. The maximum atomic E-state index is 15.1. The van der Waals surface area contributed by atoms with E-state index in [0.29, 0.717) is 22.1 Å². The Kier molecular flexibility index (Phi) is 9.41. The van der Waals surface area contributed by atoms with Gasteiger partial charge in [-0.25, -0.2) is 9.07 Å². The zero-order valence-corrected chi connectivity index (χ0v) is 24.6. The number of pyridine rings is 1.